The molecule has 0 bridgehead atoms. The van der Waals surface area contributed by atoms with E-state index in [-0.39, 0.29) is 5.91 Å². The minimum atomic E-state index is -0.122. The number of carbonyl (C=O) groups excluding carboxylic acids is 1. The van der Waals surface area contributed by atoms with Crippen LogP contribution in [0.5, 0.6) is 0 Å². The summed E-state index contributed by atoms with van der Waals surface area (Å²) in [6.45, 7) is 2.18. The molecular weight excluding hydrogens is 270 g/mol. The van der Waals surface area contributed by atoms with Gasteiger partial charge in [-0.2, -0.15) is 0 Å². The smallest absolute Gasteiger partial charge is 0.255 e. The van der Waals surface area contributed by atoms with Crippen LogP contribution in [-0.2, 0) is 6.42 Å². The van der Waals surface area contributed by atoms with Gasteiger partial charge in [-0.15, -0.1) is 0 Å². The van der Waals surface area contributed by atoms with Crippen molar-refractivity contribution in [2.75, 3.05) is 5.32 Å². The molecule has 0 aliphatic heterocycles. The Morgan fingerprint density at radius 2 is 1.70 bits per heavy atom. The first kappa shape index (κ1) is 14.6. The van der Waals surface area contributed by atoms with Crippen LogP contribution >= 0.6 is 11.6 Å². The van der Waals surface area contributed by atoms with Crippen molar-refractivity contribution in [3.05, 3.63) is 64.7 Å². The highest BCUT2D eigenvalue weighted by Gasteiger charge is 2.05. The lowest BCUT2D eigenvalue weighted by atomic mass is 10.1. The maximum Gasteiger partial charge on any atom is 0.255 e. The molecule has 0 radical (unpaired) electrons. The fourth-order valence-corrected chi connectivity index (χ4v) is 2.07. The summed E-state index contributed by atoms with van der Waals surface area (Å²) >= 11 is 5.80. The quantitative estimate of drug-likeness (QED) is 0.829. The topological polar surface area (TPSA) is 29.1 Å². The first-order chi connectivity index (χ1) is 9.69. The summed E-state index contributed by atoms with van der Waals surface area (Å²) < 4.78 is 0. The predicted octanol–water partition coefficient (Wildman–Crippen LogP) is 4.93. The molecule has 0 aromatic heterocycles. The Labute approximate surface area is 124 Å². The molecule has 2 aromatic rings. The van der Waals surface area contributed by atoms with Gasteiger partial charge < -0.3 is 5.32 Å². The van der Waals surface area contributed by atoms with Crippen molar-refractivity contribution in [1.82, 2.24) is 0 Å². The standard InChI is InChI=1S/C17H18ClNO/c1-2-3-4-13-5-11-16(12-6-13)19-17(20)14-7-9-15(18)10-8-14/h5-12H,2-4H2,1H3,(H,19,20). The van der Waals surface area contributed by atoms with E-state index in [0.29, 0.717) is 10.6 Å². The second kappa shape index (κ2) is 7.11. The van der Waals surface area contributed by atoms with E-state index in [1.807, 2.05) is 12.1 Å². The van der Waals surface area contributed by atoms with Crippen LogP contribution in [0.3, 0.4) is 0 Å². The molecule has 0 spiro atoms. The van der Waals surface area contributed by atoms with Crippen LogP contribution in [0.1, 0.15) is 35.7 Å². The molecule has 104 valence electrons. The van der Waals surface area contributed by atoms with Crippen molar-refractivity contribution >= 4 is 23.2 Å². The van der Waals surface area contributed by atoms with E-state index in [1.54, 1.807) is 24.3 Å². The molecule has 0 saturated carbocycles. The van der Waals surface area contributed by atoms with Gasteiger partial charge in [0.25, 0.3) is 5.91 Å². The van der Waals surface area contributed by atoms with Gasteiger partial charge in [-0.3, -0.25) is 4.79 Å². The Bertz CT molecular complexity index is 561. The summed E-state index contributed by atoms with van der Waals surface area (Å²) in [5.41, 5.74) is 2.71. The molecule has 20 heavy (non-hydrogen) atoms. The number of hydrogen-bond donors (Lipinski definition) is 1. The molecule has 0 fully saturated rings. The number of unbranched alkanes of at least 4 members (excludes halogenated alkanes) is 1. The number of carbonyl (C=O) groups is 1. The Morgan fingerprint density at radius 1 is 1.05 bits per heavy atom. The van der Waals surface area contributed by atoms with Gasteiger partial charge in [-0.25, -0.2) is 0 Å². The fraction of sp³-hybridized carbons (Fsp3) is 0.235. The lowest BCUT2D eigenvalue weighted by molar-refractivity contribution is 0.102. The fourth-order valence-electron chi connectivity index (χ4n) is 1.94. The SMILES string of the molecule is CCCCc1ccc(NC(=O)c2ccc(Cl)cc2)cc1. The summed E-state index contributed by atoms with van der Waals surface area (Å²) in [6, 6.07) is 14.9. The molecule has 0 heterocycles. The summed E-state index contributed by atoms with van der Waals surface area (Å²) in [5.74, 6) is -0.122. The Balaban J connectivity index is 1.99. The lowest BCUT2D eigenvalue weighted by Crippen LogP contribution is -2.11. The molecule has 0 saturated heterocycles. The molecule has 0 unspecified atom stereocenters. The van der Waals surface area contributed by atoms with Gasteiger partial charge in [0, 0.05) is 16.3 Å². The molecule has 2 aromatic carbocycles. The van der Waals surface area contributed by atoms with E-state index in [9.17, 15) is 4.79 Å². The first-order valence-electron chi connectivity index (χ1n) is 6.85. The Morgan fingerprint density at radius 3 is 2.30 bits per heavy atom. The van der Waals surface area contributed by atoms with E-state index in [1.165, 1.54) is 18.4 Å². The minimum Gasteiger partial charge on any atom is -0.322 e. The van der Waals surface area contributed by atoms with Gasteiger partial charge in [-0.05, 0) is 54.8 Å². The molecular formula is C17H18ClNO. The van der Waals surface area contributed by atoms with Crippen LogP contribution in [0.2, 0.25) is 5.02 Å². The second-order valence-electron chi connectivity index (χ2n) is 4.76. The third kappa shape index (κ3) is 4.10. The van der Waals surface area contributed by atoms with Crippen molar-refractivity contribution < 1.29 is 4.79 Å². The Hall–Kier alpha value is -1.80. The maximum atomic E-state index is 12.0. The number of aryl methyl sites for hydroxylation is 1. The van der Waals surface area contributed by atoms with Crippen LogP contribution in [0.15, 0.2) is 48.5 Å². The molecule has 0 aliphatic rings. The zero-order valence-corrected chi connectivity index (χ0v) is 12.3. The summed E-state index contributed by atoms with van der Waals surface area (Å²) in [4.78, 5) is 12.0. The van der Waals surface area contributed by atoms with Crippen LogP contribution in [0, 0.1) is 0 Å². The average molecular weight is 288 g/mol. The number of amides is 1. The van der Waals surface area contributed by atoms with Crippen molar-refractivity contribution in [1.29, 1.82) is 0 Å². The van der Waals surface area contributed by atoms with E-state index >= 15 is 0 Å². The molecule has 0 atom stereocenters. The largest absolute Gasteiger partial charge is 0.322 e. The number of nitrogens with one attached hydrogen (secondary N) is 1. The van der Waals surface area contributed by atoms with E-state index in [0.717, 1.165) is 12.1 Å². The predicted molar refractivity (Wildman–Crippen MR) is 84.5 cm³/mol. The number of anilines is 1. The summed E-state index contributed by atoms with van der Waals surface area (Å²) in [5, 5.41) is 3.51. The number of hydrogen-bond acceptors (Lipinski definition) is 1. The van der Waals surface area contributed by atoms with Gasteiger partial charge in [0.1, 0.15) is 0 Å². The second-order valence-corrected chi connectivity index (χ2v) is 5.20. The number of halogens is 1. The van der Waals surface area contributed by atoms with Gasteiger partial charge >= 0.3 is 0 Å². The van der Waals surface area contributed by atoms with Gasteiger partial charge in [0.2, 0.25) is 0 Å². The van der Waals surface area contributed by atoms with Crippen LogP contribution in [-0.4, -0.2) is 5.91 Å². The lowest BCUT2D eigenvalue weighted by Gasteiger charge is -2.06. The van der Waals surface area contributed by atoms with Crippen LogP contribution in [0.4, 0.5) is 5.69 Å². The van der Waals surface area contributed by atoms with E-state index in [2.05, 4.69) is 24.4 Å². The van der Waals surface area contributed by atoms with Crippen molar-refractivity contribution in [3.63, 3.8) is 0 Å². The third-order valence-corrected chi connectivity index (χ3v) is 3.39. The van der Waals surface area contributed by atoms with E-state index in [4.69, 9.17) is 11.6 Å². The molecule has 2 nitrogen and oxygen atoms in total. The molecule has 3 heteroatoms. The van der Waals surface area contributed by atoms with Gasteiger partial charge in [-0.1, -0.05) is 37.1 Å². The zero-order chi connectivity index (χ0) is 14.4. The molecule has 0 aliphatic carbocycles. The highest BCUT2D eigenvalue weighted by atomic mass is 35.5. The van der Waals surface area contributed by atoms with Crippen LogP contribution in [0.25, 0.3) is 0 Å². The van der Waals surface area contributed by atoms with Crippen molar-refractivity contribution in [2.45, 2.75) is 26.2 Å². The number of rotatable bonds is 5. The highest BCUT2D eigenvalue weighted by Crippen LogP contribution is 2.14. The first-order valence-corrected chi connectivity index (χ1v) is 7.22. The monoisotopic (exact) mass is 287 g/mol. The van der Waals surface area contributed by atoms with Crippen LogP contribution < -0.4 is 5.32 Å². The molecule has 1 N–H and O–H groups in total. The summed E-state index contributed by atoms with van der Waals surface area (Å²) in [6.07, 6.45) is 3.47. The normalized spacial score (nSPS) is 10.3. The van der Waals surface area contributed by atoms with E-state index < -0.39 is 0 Å². The van der Waals surface area contributed by atoms with Gasteiger partial charge in [0.15, 0.2) is 0 Å². The molecule has 2 rings (SSSR count). The van der Waals surface area contributed by atoms with Gasteiger partial charge in [0.05, 0.1) is 0 Å². The number of benzene rings is 2. The maximum absolute atomic E-state index is 12.0. The highest BCUT2D eigenvalue weighted by molar-refractivity contribution is 6.30. The van der Waals surface area contributed by atoms with Crippen molar-refractivity contribution in [2.24, 2.45) is 0 Å². The molecule has 1 amide bonds. The average Bonchev–Trinajstić information content (AvgIpc) is 2.47. The zero-order valence-electron chi connectivity index (χ0n) is 11.5. The minimum absolute atomic E-state index is 0.122. The third-order valence-electron chi connectivity index (χ3n) is 3.14. The summed E-state index contributed by atoms with van der Waals surface area (Å²) in [7, 11) is 0. The van der Waals surface area contributed by atoms with Crippen molar-refractivity contribution in [3.8, 4) is 0 Å². The Kier molecular flexibility index (Phi) is 5.19.